The van der Waals surface area contributed by atoms with Crippen LogP contribution in [0.15, 0.2) is 24.3 Å². The lowest BCUT2D eigenvalue weighted by atomic mass is 10.2. The van der Waals surface area contributed by atoms with Gasteiger partial charge in [-0.05, 0) is 44.2 Å². The zero-order valence-corrected chi connectivity index (χ0v) is 15.3. The summed E-state index contributed by atoms with van der Waals surface area (Å²) in [5, 5.41) is 4.47. The largest absolute Gasteiger partial charge is 0.381 e. The first kappa shape index (κ1) is 17.4. The number of rotatable bonds is 8. The van der Waals surface area contributed by atoms with Crippen LogP contribution in [0, 0.1) is 12.8 Å². The monoisotopic (exact) mass is 364 g/mol. The van der Waals surface area contributed by atoms with Crippen LogP contribution in [-0.2, 0) is 4.74 Å². The van der Waals surface area contributed by atoms with Crippen LogP contribution in [0.1, 0.15) is 34.6 Å². The van der Waals surface area contributed by atoms with E-state index in [4.69, 9.17) is 16.3 Å². The minimum Gasteiger partial charge on any atom is -0.381 e. The first-order chi connectivity index (χ1) is 11.6. The Hall–Kier alpha value is -1.43. The molecule has 0 saturated heterocycles. The molecule has 1 heterocycles. The average Bonchev–Trinajstić information content (AvgIpc) is 3.31. The van der Waals surface area contributed by atoms with Crippen molar-refractivity contribution in [3.05, 3.63) is 39.9 Å². The standard InChI is InChI=1S/C18H21ClN2O2S/c1-12-16(17(22)20-9-2-10-23-11-13-3-4-13)24-18(21-12)14-5-7-15(19)8-6-14/h5-8,13H,2-4,9-11H2,1H3,(H,20,22). The third-order valence-electron chi connectivity index (χ3n) is 3.90. The molecular weight excluding hydrogens is 344 g/mol. The normalized spacial score (nSPS) is 13.9. The Kier molecular flexibility index (Phi) is 5.87. The maximum absolute atomic E-state index is 12.3. The van der Waals surface area contributed by atoms with Gasteiger partial charge in [-0.3, -0.25) is 4.79 Å². The lowest BCUT2D eigenvalue weighted by Crippen LogP contribution is -2.25. The number of benzene rings is 1. The van der Waals surface area contributed by atoms with Gasteiger partial charge in [0.25, 0.3) is 5.91 Å². The molecule has 1 saturated carbocycles. The second kappa shape index (κ2) is 8.10. The molecule has 1 fully saturated rings. The predicted octanol–water partition coefficient (Wildman–Crippen LogP) is 4.32. The summed E-state index contributed by atoms with van der Waals surface area (Å²) in [5.41, 5.74) is 1.73. The van der Waals surface area contributed by atoms with Crippen molar-refractivity contribution in [1.29, 1.82) is 0 Å². The molecule has 0 radical (unpaired) electrons. The van der Waals surface area contributed by atoms with E-state index in [1.807, 2.05) is 31.2 Å². The van der Waals surface area contributed by atoms with Crippen molar-refractivity contribution < 1.29 is 9.53 Å². The maximum atomic E-state index is 12.3. The lowest BCUT2D eigenvalue weighted by molar-refractivity contribution is 0.0940. The van der Waals surface area contributed by atoms with Gasteiger partial charge >= 0.3 is 0 Å². The molecule has 2 aromatic rings. The summed E-state index contributed by atoms with van der Waals surface area (Å²) in [6.45, 7) is 4.06. The number of ether oxygens (including phenoxy) is 1. The Bertz CT molecular complexity index is 696. The molecule has 1 aromatic carbocycles. The van der Waals surface area contributed by atoms with E-state index < -0.39 is 0 Å². The number of nitrogens with zero attached hydrogens (tertiary/aromatic N) is 1. The highest BCUT2D eigenvalue weighted by atomic mass is 35.5. The molecule has 0 spiro atoms. The smallest absolute Gasteiger partial charge is 0.263 e. The number of aromatic nitrogens is 1. The van der Waals surface area contributed by atoms with Gasteiger partial charge in [0.15, 0.2) is 0 Å². The summed E-state index contributed by atoms with van der Waals surface area (Å²) in [7, 11) is 0. The molecule has 3 rings (SSSR count). The van der Waals surface area contributed by atoms with Crippen LogP contribution < -0.4 is 5.32 Å². The summed E-state index contributed by atoms with van der Waals surface area (Å²) >= 11 is 7.32. The number of aryl methyl sites for hydroxylation is 1. The van der Waals surface area contributed by atoms with Gasteiger partial charge in [-0.15, -0.1) is 11.3 Å². The summed E-state index contributed by atoms with van der Waals surface area (Å²) in [5.74, 6) is 0.720. The Morgan fingerprint density at radius 3 is 2.83 bits per heavy atom. The Balaban J connectivity index is 1.49. The fourth-order valence-electron chi connectivity index (χ4n) is 2.31. The van der Waals surface area contributed by atoms with Gasteiger partial charge in [-0.25, -0.2) is 4.98 Å². The van der Waals surface area contributed by atoms with E-state index in [0.717, 1.165) is 35.2 Å². The maximum Gasteiger partial charge on any atom is 0.263 e. The molecule has 4 nitrogen and oxygen atoms in total. The third kappa shape index (κ3) is 4.79. The molecule has 1 aromatic heterocycles. The van der Waals surface area contributed by atoms with Gasteiger partial charge in [0.2, 0.25) is 0 Å². The van der Waals surface area contributed by atoms with Crippen LogP contribution in [0.4, 0.5) is 0 Å². The second-order valence-electron chi connectivity index (χ2n) is 6.07. The van der Waals surface area contributed by atoms with Crippen molar-refractivity contribution in [2.45, 2.75) is 26.2 Å². The van der Waals surface area contributed by atoms with E-state index in [1.54, 1.807) is 0 Å². The van der Waals surface area contributed by atoms with Crippen molar-refractivity contribution in [2.24, 2.45) is 5.92 Å². The predicted molar refractivity (Wildman–Crippen MR) is 97.8 cm³/mol. The fraction of sp³-hybridized carbons (Fsp3) is 0.444. The van der Waals surface area contributed by atoms with Gasteiger partial charge in [-0.1, -0.05) is 23.7 Å². The molecule has 0 atom stereocenters. The average molecular weight is 365 g/mol. The van der Waals surface area contributed by atoms with Crippen molar-refractivity contribution in [1.82, 2.24) is 10.3 Å². The van der Waals surface area contributed by atoms with Crippen molar-refractivity contribution in [2.75, 3.05) is 19.8 Å². The van der Waals surface area contributed by atoms with E-state index in [-0.39, 0.29) is 5.91 Å². The van der Waals surface area contributed by atoms with Gasteiger partial charge in [0.1, 0.15) is 9.88 Å². The Morgan fingerprint density at radius 2 is 2.12 bits per heavy atom. The van der Waals surface area contributed by atoms with E-state index in [9.17, 15) is 4.79 Å². The molecule has 24 heavy (non-hydrogen) atoms. The number of hydrogen-bond donors (Lipinski definition) is 1. The van der Waals surface area contributed by atoms with Crippen LogP contribution in [-0.4, -0.2) is 30.6 Å². The summed E-state index contributed by atoms with van der Waals surface area (Å²) in [6.07, 6.45) is 3.44. The molecule has 1 aliphatic carbocycles. The van der Waals surface area contributed by atoms with Crippen LogP contribution >= 0.6 is 22.9 Å². The highest BCUT2D eigenvalue weighted by Gasteiger charge is 2.21. The van der Waals surface area contributed by atoms with Gasteiger partial charge < -0.3 is 10.1 Å². The summed E-state index contributed by atoms with van der Waals surface area (Å²) < 4.78 is 5.57. The Morgan fingerprint density at radius 1 is 1.38 bits per heavy atom. The minimum atomic E-state index is -0.0626. The molecular formula is C18H21ClN2O2S. The molecule has 1 aliphatic rings. The number of thiazole rings is 1. The summed E-state index contributed by atoms with van der Waals surface area (Å²) in [4.78, 5) is 17.5. The number of halogens is 1. The lowest BCUT2D eigenvalue weighted by Gasteiger charge is -2.05. The zero-order valence-electron chi connectivity index (χ0n) is 13.7. The highest BCUT2D eigenvalue weighted by Crippen LogP contribution is 2.29. The van der Waals surface area contributed by atoms with E-state index in [1.165, 1.54) is 24.2 Å². The van der Waals surface area contributed by atoms with E-state index in [0.29, 0.717) is 23.1 Å². The molecule has 1 amide bonds. The topological polar surface area (TPSA) is 51.2 Å². The van der Waals surface area contributed by atoms with Crippen molar-refractivity contribution in [3.8, 4) is 10.6 Å². The van der Waals surface area contributed by atoms with Crippen LogP contribution in [0.3, 0.4) is 0 Å². The SMILES string of the molecule is Cc1nc(-c2ccc(Cl)cc2)sc1C(=O)NCCCOCC1CC1. The number of carbonyl (C=O) groups excluding carboxylic acids is 1. The molecule has 0 aliphatic heterocycles. The van der Waals surface area contributed by atoms with Crippen LogP contribution in [0.5, 0.6) is 0 Å². The highest BCUT2D eigenvalue weighted by molar-refractivity contribution is 7.17. The van der Waals surface area contributed by atoms with Crippen molar-refractivity contribution in [3.63, 3.8) is 0 Å². The number of carbonyl (C=O) groups is 1. The summed E-state index contributed by atoms with van der Waals surface area (Å²) in [6, 6.07) is 7.49. The van der Waals surface area contributed by atoms with E-state index >= 15 is 0 Å². The van der Waals surface area contributed by atoms with Crippen LogP contribution in [0.2, 0.25) is 5.02 Å². The molecule has 0 unspecified atom stereocenters. The molecule has 1 N–H and O–H groups in total. The molecule has 0 bridgehead atoms. The molecule has 6 heteroatoms. The number of nitrogens with one attached hydrogen (secondary N) is 1. The first-order valence-electron chi connectivity index (χ1n) is 8.23. The Labute approximate surface area is 151 Å². The number of hydrogen-bond acceptors (Lipinski definition) is 4. The third-order valence-corrected chi connectivity index (χ3v) is 5.35. The van der Waals surface area contributed by atoms with Crippen LogP contribution in [0.25, 0.3) is 10.6 Å². The van der Waals surface area contributed by atoms with E-state index in [2.05, 4.69) is 10.3 Å². The van der Waals surface area contributed by atoms with Gasteiger partial charge in [-0.2, -0.15) is 0 Å². The van der Waals surface area contributed by atoms with Gasteiger partial charge in [0.05, 0.1) is 5.69 Å². The number of amides is 1. The fourth-order valence-corrected chi connectivity index (χ4v) is 3.43. The van der Waals surface area contributed by atoms with Crippen molar-refractivity contribution >= 4 is 28.8 Å². The minimum absolute atomic E-state index is 0.0626. The first-order valence-corrected chi connectivity index (χ1v) is 9.42. The van der Waals surface area contributed by atoms with Gasteiger partial charge in [0, 0.05) is 30.3 Å². The quantitative estimate of drug-likeness (QED) is 0.710. The molecule has 128 valence electrons. The zero-order chi connectivity index (χ0) is 16.9. The second-order valence-corrected chi connectivity index (χ2v) is 7.50.